The van der Waals surface area contributed by atoms with E-state index in [0.29, 0.717) is 5.56 Å². The zero-order chi connectivity index (χ0) is 19.5. The molecule has 0 aliphatic carbocycles. The first-order valence-electron chi connectivity index (χ1n) is 7.57. The molecule has 2 N–H and O–H groups in total. The van der Waals surface area contributed by atoms with Crippen LogP contribution in [0.4, 0.5) is 18.0 Å². The molecule has 4 nitrogen and oxygen atoms in total. The van der Waals surface area contributed by atoms with Crippen molar-refractivity contribution in [1.82, 2.24) is 5.32 Å². The minimum Gasteiger partial charge on any atom is -0.444 e. The molecule has 0 unspecified atom stereocenters. The van der Waals surface area contributed by atoms with E-state index in [1.54, 1.807) is 24.3 Å². The number of hydrogen-bond acceptors (Lipinski definition) is 4. The predicted octanol–water partition coefficient (Wildman–Crippen LogP) is 4.52. The maximum atomic E-state index is 13.5. The number of thiol groups is 1. The van der Waals surface area contributed by atoms with Gasteiger partial charge in [-0.2, -0.15) is 12.6 Å². The second-order valence-corrected chi connectivity index (χ2v) is 7.17. The molecule has 0 aliphatic rings. The van der Waals surface area contributed by atoms with Crippen LogP contribution in [0.3, 0.4) is 0 Å². The molecule has 0 saturated heterocycles. The number of halogens is 3. The lowest BCUT2D eigenvalue weighted by Crippen LogP contribution is -2.31. The highest BCUT2D eigenvalue weighted by atomic mass is 32.1. The minimum absolute atomic E-state index is 0.218. The average Bonchev–Trinajstić information content (AvgIpc) is 2.58. The highest BCUT2D eigenvalue weighted by Gasteiger charge is 2.17. The van der Waals surface area contributed by atoms with Crippen molar-refractivity contribution in [2.75, 3.05) is 0 Å². The predicted molar refractivity (Wildman–Crippen MR) is 94.9 cm³/mol. The smallest absolute Gasteiger partial charge is 0.413 e. The first-order chi connectivity index (χ1) is 12.1. The molecule has 2 aromatic carbocycles. The van der Waals surface area contributed by atoms with Crippen LogP contribution in [0.2, 0.25) is 0 Å². The summed E-state index contributed by atoms with van der Waals surface area (Å²) in [6.45, 7) is 3.24. The van der Waals surface area contributed by atoms with Crippen LogP contribution in [0.15, 0.2) is 36.4 Å². The van der Waals surface area contributed by atoms with Crippen LogP contribution in [-0.2, 0) is 16.1 Å². The molecule has 0 saturated carbocycles. The molecule has 0 aromatic heterocycles. The number of benzene rings is 2. The van der Waals surface area contributed by atoms with Crippen molar-refractivity contribution in [2.24, 2.45) is 0 Å². The van der Waals surface area contributed by atoms with Gasteiger partial charge < -0.3 is 4.74 Å². The number of ether oxygens (including phenoxy) is 1. The van der Waals surface area contributed by atoms with E-state index in [0.717, 1.165) is 17.7 Å². The summed E-state index contributed by atoms with van der Waals surface area (Å²) in [5.74, 6) is -4.60. The number of carbonyl (C=O) groups is 1. The van der Waals surface area contributed by atoms with Gasteiger partial charge in [0.2, 0.25) is 0 Å². The standard InChI is InChI=1S/C18H17F3N2O2S/c1-18(2,26)12-6-3-10(4-7-12)16(22)23-17(24)25-9-11-5-8-13(19)15(21)14(11)20/h3-8,26H,9H2,1-2H3,(H2,22,23,24). The molecule has 0 radical (unpaired) electrons. The quantitative estimate of drug-likeness (QED) is 0.315. The fourth-order valence-electron chi connectivity index (χ4n) is 2.08. The summed E-state index contributed by atoms with van der Waals surface area (Å²) >= 11 is 4.45. The summed E-state index contributed by atoms with van der Waals surface area (Å²) in [5, 5.41) is 10.0. The van der Waals surface area contributed by atoms with Crippen LogP contribution in [0.1, 0.15) is 30.5 Å². The van der Waals surface area contributed by atoms with E-state index >= 15 is 0 Å². The second kappa shape index (κ2) is 7.82. The summed E-state index contributed by atoms with van der Waals surface area (Å²) in [7, 11) is 0. The lowest BCUT2D eigenvalue weighted by Gasteiger charge is -2.18. The number of alkyl carbamates (subject to hydrolysis) is 1. The van der Waals surface area contributed by atoms with E-state index < -0.39 is 30.2 Å². The Balaban J connectivity index is 1.95. The number of amidine groups is 1. The number of hydrogen-bond donors (Lipinski definition) is 3. The minimum atomic E-state index is -1.63. The van der Waals surface area contributed by atoms with Gasteiger partial charge in [0.25, 0.3) is 0 Å². The zero-order valence-electron chi connectivity index (χ0n) is 14.1. The van der Waals surface area contributed by atoms with E-state index in [2.05, 4.69) is 17.9 Å². The van der Waals surface area contributed by atoms with Gasteiger partial charge in [-0.15, -0.1) is 0 Å². The number of rotatable bonds is 4. The largest absolute Gasteiger partial charge is 0.444 e. The molecule has 8 heteroatoms. The van der Waals surface area contributed by atoms with E-state index in [4.69, 9.17) is 10.1 Å². The van der Waals surface area contributed by atoms with Crippen LogP contribution >= 0.6 is 12.6 Å². The summed E-state index contributed by atoms with van der Waals surface area (Å²) in [4.78, 5) is 11.7. The van der Waals surface area contributed by atoms with E-state index in [1.165, 1.54) is 0 Å². The number of nitrogens with one attached hydrogen (secondary N) is 2. The fraction of sp³-hybridized carbons (Fsp3) is 0.222. The highest BCUT2D eigenvalue weighted by molar-refractivity contribution is 7.81. The third-order valence-electron chi connectivity index (χ3n) is 3.58. The first-order valence-corrected chi connectivity index (χ1v) is 8.02. The topological polar surface area (TPSA) is 62.2 Å². The Bertz CT molecular complexity index is 834. The van der Waals surface area contributed by atoms with Gasteiger partial charge in [0.15, 0.2) is 17.5 Å². The molecule has 0 aliphatic heterocycles. The maximum Gasteiger partial charge on any atom is 0.413 e. The lowest BCUT2D eigenvalue weighted by atomic mass is 10.0. The molecule has 2 rings (SSSR count). The maximum absolute atomic E-state index is 13.5. The van der Waals surface area contributed by atoms with E-state index in [9.17, 15) is 18.0 Å². The van der Waals surface area contributed by atoms with Crippen molar-refractivity contribution >= 4 is 24.6 Å². The number of carbonyl (C=O) groups excluding carboxylic acids is 1. The van der Waals surface area contributed by atoms with Crippen LogP contribution in [-0.4, -0.2) is 11.9 Å². The molecule has 0 heterocycles. The van der Waals surface area contributed by atoms with Gasteiger partial charge in [-0.05, 0) is 31.5 Å². The van der Waals surface area contributed by atoms with Gasteiger partial charge in [-0.1, -0.05) is 24.3 Å². The average molecular weight is 382 g/mol. The summed E-state index contributed by atoms with van der Waals surface area (Å²) in [6, 6.07) is 8.56. The van der Waals surface area contributed by atoms with Crippen molar-refractivity contribution in [2.45, 2.75) is 25.2 Å². The molecule has 2 aromatic rings. The van der Waals surface area contributed by atoms with Gasteiger partial charge in [-0.3, -0.25) is 10.7 Å². The Hall–Kier alpha value is -2.48. The molecule has 1 amide bonds. The Labute approximate surface area is 154 Å². The molecule has 0 atom stereocenters. The Morgan fingerprint density at radius 1 is 1.12 bits per heavy atom. The summed E-state index contributed by atoms with van der Waals surface area (Å²) in [6.07, 6.45) is -1.02. The second-order valence-electron chi connectivity index (χ2n) is 6.05. The Kier molecular flexibility index (Phi) is 5.97. The molecule has 0 bridgehead atoms. The molecule has 0 spiro atoms. The van der Waals surface area contributed by atoms with Crippen LogP contribution in [0.25, 0.3) is 0 Å². The van der Waals surface area contributed by atoms with Crippen molar-refractivity contribution in [1.29, 1.82) is 5.41 Å². The van der Waals surface area contributed by atoms with Gasteiger partial charge in [0.05, 0.1) is 0 Å². The molecular weight excluding hydrogens is 365 g/mol. The highest BCUT2D eigenvalue weighted by Crippen LogP contribution is 2.26. The van der Waals surface area contributed by atoms with E-state index in [1.807, 2.05) is 13.8 Å². The van der Waals surface area contributed by atoms with Gasteiger partial charge in [0.1, 0.15) is 12.4 Å². The zero-order valence-corrected chi connectivity index (χ0v) is 15.0. The summed E-state index contributed by atoms with van der Waals surface area (Å²) in [5.41, 5.74) is 1.06. The fourth-order valence-corrected chi connectivity index (χ4v) is 2.22. The summed E-state index contributed by atoms with van der Waals surface area (Å²) < 4.78 is 43.9. The van der Waals surface area contributed by atoms with Gasteiger partial charge in [-0.25, -0.2) is 18.0 Å². The van der Waals surface area contributed by atoms with Crippen molar-refractivity contribution in [3.05, 3.63) is 70.5 Å². The van der Waals surface area contributed by atoms with Crippen LogP contribution < -0.4 is 5.32 Å². The molecule has 138 valence electrons. The Morgan fingerprint density at radius 3 is 2.31 bits per heavy atom. The van der Waals surface area contributed by atoms with Crippen LogP contribution in [0.5, 0.6) is 0 Å². The third-order valence-corrected chi connectivity index (χ3v) is 3.84. The van der Waals surface area contributed by atoms with Gasteiger partial charge >= 0.3 is 6.09 Å². The first kappa shape index (κ1) is 19.8. The monoisotopic (exact) mass is 382 g/mol. The van der Waals surface area contributed by atoms with Crippen molar-refractivity contribution in [3.63, 3.8) is 0 Å². The third kappa shape index (κ3) is 4.78. The van der Waals surface area contributed by atoms with Crippen molar-refractivity contribution in [3.8, 4) is 0 Å². The molecule has 26 heavy (non-hydrogen) atoms. The Morgan fingerprint density at radius 2 is 1.73 bits per heavy atom. The normalized spacial score (nSPS) is 11.2. The lowest BCUT2D eigenvalue weighted by molar-refractivity contribution is 0.143. The van der Waals surface area contributed by atoms with Crippen molar-refractivity contribution < 1.29 is 22.7 Å². The molecular formula is C18H17F3N2O2S. The number of amides is 1. The SMILES string of the molecule is CC(C)(S)c1ccc(C(=N)NC(=O)OCc2ccc(F)c(F)c2F)cc1. The van der Waals surface area contributed by atoms with Crippen LogP contribution in [0, 0.1) is 22.9 Å². The molecule has 0 fully saturated rings. The van der Waals surface area contributed by atoms with Gasteiger partial charge in [0, 0.05) is 15.9 Å². The van der Waals surface area contributed by atoms with E-state index in [-0.39, 0.29) is 16.1 Å².